The number of nitrogens with two attached hydrogens (primary N) is 1. The van der Waals surface area contributed by atoms with Gasteiger partial charge in [0.1, 0.15) is 12.6 Å². The van der Waals surface area contributed by atoms with Crippen LogP contribution in [0.25, 0.3) is 0 Å². The second-order valence-corrected chi connectivity index (χ2v) is 12.8. The molecular formula is C32H60NO10P. The fourth-order valence-electron chi connectivity index (χ4n) is 4.29. The van der Waals surface area contributed by atoms with Crippen LogP contribution in [-0.4, -0.2) is 59.9 Å². The van der Waals surface area contributed by atoms with Crippen molar-refractivity contribution in [3.05, 3.63) is 12.2 Å². The summed E-state index contributed by atoms with van der Waals surface area (Å²) in [6.45, 7) is 2.65. The number of hydrogen-bond acceptors (Lipinski definition) is 9. The monoisotopic (exact) mass is 649 g/mol. The second-order valence-electron chi connectivity index (χ2n) is 11.3. The minimum absolute atomic E-state index is 0.154. The van der Waals surface area contributed by atoms with Gasteiger partial charge in [-0.1, -0.05) is 103 Å². The zero-order chi connectivity index (χ0) is 32.9. The fraction of sp³-hybridized carbons (Fsp3) is 0.844. The van der Waals surface area contributed by atoms with Gasteiger partial charge in [-0.05, 0) is 38.5 Å². The van der Waals surface area contributed by atoms with Crippen molar-refractivity contribution in [3.8, 4) is 0 Å². The lowest BCUT2D eigenvalue weighted by molar-refractivity contribution is -0.161. The summed E-state index contributed by atoms with van der Waals surface area (Å²) in [7, 11) is -4.69. The molecule has 0 aromatic heterocycles. The lowest BCUT2D eigenvalue weighted by Gasteiger charge is -2.20. The van der Waals surface area contributed by atoms with E-state index >= 15 is 0 Å². The van der Waals surface area contributed by atoms with E-state index in [2.05, 4.69) is 30.5 Å². The SMILES string of the molecule is CCCCCCCC/C=C\CCCCCCCC(=O)OC(COC(=O)CCCCCCC)COP(=O)(O)OCC(N)C(=O)O. The highest BCUT2D eigenvalue weighted by Crippen LogP contribution is 2.43. The number of unbranched alkanes of at least 4 members (excludes halogenated alkanes) is 15. The number of ether oxygens (including phenoxy) is 2. The Morgan fingerprint density at radius 1 is 0.682 bits per heavy atom. The van der Waals surface area contributed by atoms with Gasteiger partial charge in [0, 0.05) is 12.8 Å². The van der Waals surface area contributed by atoms with E-state index in [9.17, 15) is 23.8 Å². The number of carbonyl (C=O) groups is 3. The van der Waals surface area contributed by atoms with Crippen molar-refractivity contribution in [1.29, 1.82) is 0 Å². The van der Waals surface area contributed by atoms with E-state index in [0.29, 0.717) is 12.8 Å². The number of hydrogen-bond donors (Lipinski definition) is 3. The second kappa shape index (κ2) is 28.7. The number of aliphatic carboxylic acids is 1. The summed E-state index contributed by atoms with van der Waals surface area (Å²) in [5.41, 5.74) is 5.28. The molecule has 0 spiro atoms. The Morgan fingerprint density at radius 3 is 1.66 bits per heavy atom. The summed E-state index contributed by atoms with van der Waals surface area (Å²) in [5, 5.41) is 8.80. The zero-order valence-electron chi connectivity index (χ0n) is 27.3. The molecule has 0 aliphatic rings. The molecule has 44 heavy (non-hydrogen) atoms. The first-order chi connectivity index (χ1) is 21.1. The standard InChI is InChI=1S/C32H60NO10P/c1-3-5-7-9-10-11-12-13-14-15-16-17-18-20-22-24-31(35)43-28(25-40-30(34)23-21-19-8-6-4-2)26-41-44(38,39)42-27-29(33)32(36)37/h13-14,28-29H,3-12,15-27,33H2,1-2H3,(H,36,37)(H,38,39)/b14-13-. The van der Waals surface area contributed by atoms with Crippen LogP contribution in [0, 0.1) is 0 Å². The summed E-state index contributed by atoms with van der Waals surface area (Å²) < 4.78 is 32.2. The lowest BCUT2D eigenvalue weighted by Crippen LogP contribution is -2.34. The van der Waals surface area contributed by atoms with Gasteiger partial charge in [0.25, 0.3) is 0 Å². The highest BCUT2D eigenvalue weighted by Gasteiger charge is 2.28. The van der Waals surface area contributed by atoms with E-state index in [1.165, 1.54) is 38.5 Å². The summed E-state index contributed by atoms with van der Waals surface area (Å²) in [6.07, 6.45) is 23.4. The van der Waals surface area contributed by atoms with Crippen LogP contribution in [-0.2, 0) is 37.5 Å². The molecule has 0 heterocycles. The Morgan fingerprint density at radius 2 is 1.14 bits per heavy atom. The van der Waals surface area contributed by atoms with E-state index in [1.807, 2.05) is 0 Å². The molecule has 0 aromatic rings. The summed E-state index contributed by atoms with van der Waals surface area (Å²) in [6, 6.07) is -1.52. The third-order valence-electron chi connectivity index (χ3n) is 7.01. The Kier molecular flexibility index (Phi) is 27.5. The van der Waals surface area contributed by atoms with E-state index in [1.54, 1.807) is 0 Å². The molecule has 3 unspecified atom stereocenters. The first-order valence-corrected chi connectivity index (χ1v) is 18.2. The van der Waals surface area contributed by atoms with E-state index in [-0.39, 0.29) is 19.4 Å². The van der Waals surface area contributed by atoms with Crippen molar-refractivity contribution in [2.24, 2.45) is 5.73 Å². The first-order valence-electron chi connectivity index (χ1n) is 16.7. The van der Waals surface area contributed by atoms with Crippen LogP contribution >= 0.6 is 7.82 Å². The van der Waals surface area contributed by atoms with Gasteiger partial charge in [-0.25, -0.2) is 4.57 Å². The van der Waals surface area contributed by atoms with Gasteiger partial charge in [0.05, 0.1) is 13.2 Å². The highest BCUT2D eigenvalue weighted by molar-refractivity contribution is 7.47. The van der Waals surface area contributed by atoms with Crippen LogP contribution in [0.5, 0.6) is 0 Å². The van der Waals surface area contributed by atoms with Gasteiger partial charge in [-0.3, -0.25) is 23.4 Å². The minimum atomic E-state index is -4.69. The normalized spacial score (nSPS) is 14.3. The molecule has 4 N–H and O–H groups in total. The Labute approximate surface area is 265 Å². The van der Waals surface area contributed by atoms with Crippen molar-refractivity contribution in [2.75, 3.05) is 19.8 Å². The molecule has 0 fully saturated rings. The predicted molar refractivity (Wildman–Crippen MR) is 171 cm³/mol. The highest BCUT2D eigenvalue weighted by atomic mass is 31.2. The number of carboxylic acids is 1. The molecular weight excluding hydrogens is 589 g/mol. The largest absolute Gasteiger partial charge is 0.480 e. The average Bonchev–Trinajstić information content (AvgIpc) is 2.99. The molecule has 0 bridgehead atoms. The molecule has 0 aromatic carbocycles. The molecule has 0 aliphatic carbocycles. The zero-order valence-corrected chi connectivity index (χ0v) is 28.2. The average molecular weight is 650 g/mol. The van der Waals surface area contributed by atoms with Crippen LogP contribution in [0.2, 0.25) is 0 Å². The van der Waals surface area contributed by atoms with Crippen LogP contribution in [0.15, 0.2) is 12.2 Å². The van der Waals surface area contributed by atoms with Gasteiger partial charge in [-0.15, -0.1) is 0 Å². The molecule has 0 saturated carbocycles. The lowest BCUT2D eigenvalue weighted by atomic mass is 10.1. The molecule has 3 atom stereocenters. The molecule has 258 valence electrons. The van der Waals surface area contributed by atoms with Gasteiger partial charge in [0.2, 0.25) is 0 Å². The maximum atomic E-state index is 12.4. The molecule has 0 amide bonds. The van der Waals surface area contributed by atoms with Crippen molar-refractivity contribution >= 4 is 25.7 Å². The molecule has 12 heteroatoms. The van der Waals surface area contributed by atoms with Gasteiger partial charge in [-0.2, -0.15) is 0 Å². The van der Waals surface area contributed by atoms with Gasteiger partial charge >= 0.3 is 25.7 Å². The quantitative estimate of drug-likeness (QED) is 0.0296. The maximum absolute atomic E-state index is 12.4. The molecule has 0 radical (unpaired) electrons. The number of carbonyl (C=O) groups excluding carboxylic acids is 2. The topological polar surface area (TPSA) is 172 Å². The van der Waals surface area contributed by atoms with Crippen molar-refractivity contribution in [2.45, 2.75) is 154 Å². The molecule has 11 nitrogen and oxygen atoms in total. The number of esters is 2. The number of rotatable bonds is 31. The van der Waals surface area contributed by atoms with Crippen LogP contribution < -0.4 is 5.73 Å². The van der Waals surface area contributed by atoms with Crippen molar-refractivity contribution in [3.63, 3.8) is 0 Å². The minimum Gasteiger partial charge on any atom is -0.480 e. The van der Waals surface area contributed by atoms with Gasteiger partial charge < -0.3 is 25.2 Å². The maximum Gasteiger partial charge on any atom is 0.472 e. The number of carboxylic acid groups (broad SMARTS) is 1. The van der Waals surface area contributed by atoms with Crippen LogP contribution in [0.3, 0.4) is 0 Å². The first kappa shape index (κ1) is 42.2. The van der Waals surface area contributed by atoms with E-state index in [0.717, 1.165) is 64.2 Å². The number of allylic oxidation sites excluding steroid dienone is 2. The predicted octanol–water partition coefficient (Wildman–Crippen LogP) is 7.38. The van der Waals surface area contributed by atoms with E-state index in [4.69, 9.17) is 24.8 Å². The smallest absolute Gasteiger partial charge is 0.472 e. The molecule has 0 saturated heterocycles. The number of phosphoric acid groups is 1. The van der Waals surface area contributed by atoms with E-state index < -0.39 is 51.1 Å². The van der Waals surface area contributed by atoms with Crippen molar-refractivity contribution in [1.82, 2.24) is 0 Å². The van der Waals surface area contributed by atoms with Crippen LogP contribution in [0.1, 0.15) is 142 Å². The Bertz CT molecular complexity index is 823. The summed E-state index contributed by atoms with van der Waals surface area (Å²) >= 11 is 0. The molecule has 0 rings (SSSR count). The van der Waals surface area contributed by atoms with Crippen LogP contribution in [0.4, 0.5) is 0 Å². The third-order valence-corrected chi connectivity index (χ3v) is 7.96. The Balaban J connectivity index is 4.41. The van der Waals surface area contributed by atoms with Gasteiger partial charge in [0.15, 0.2) is 6.10 Å². The fourth-order valence-corrected chi connectivity index (χ4v) is 5.07. The molecule has 0 aliphatic heterocycles. The summed E-state index contributed by atoms with van der Waals surface area (Å²) in [4.78, 5) is 45.2. The Hall–Kier alpha value is -1.78. The van der Waals surface area contributed by atoms with Crippen molar-refractivity contribution < 1.29 is 47.5 Å². The number of phosphoric ester groups is 1. The third kappa shape index (κ3) is 27.7. The summed E-state index contributed by atoms with van der Waals surface area (Å²) in [5.74, 6) is -2.40.